The molecule has 0 N–H and O–H groups in total. The molecule has 0 aliphatic heterocycles. The molecule has 0 saturated carbocycles. The number of pyridine rings is 1. The van der Waals surface area contributed by atoms with Crippen molar-refractivity contribution in [1.82, 2.24) is 14.1 Å². The summed E-state index contributed by atoms with van der Waals surface area (Å²) in [5.41, 5.74) is -1.33. The summed E-state index contributed by atoms with van der Waals surface area (Å²) in [4.78, 5) is 38.6. The fourth-order valence-electron chi connectivity index (χ4n) is 2.62. The van der Waals surface area contributed by atoms with E-state index in [1.165, 1.54) is 29.9 Å². The van der Waals surface area contributed by atoms with Crippen LogP contribution in [0, 0.1) is 12.7 Å². The maximum absolute atomic E-state index is 14.7. The van der Waals surface area contributed by atoms with Crippen LogP contribution >= 0.6 is 11.6 Å². The molecule has 2 aromatic heterocycles. The summed E-state index contributed by atoms with van der Waals surface area (Å²) in [5, 5.41) is -0.109. The minimum absolute atomic E-state index is 0.0393. The van der Waals surface area contributed by atoms with Gasteiger partial charge < -0.3 is 14.0 Å². The predicted molar refractivity (Wildman–Crippen MR) is 114 cm³/mol. The van der Waals surface area contributed by atoms with E-state index >= 15 is 0 Å². The molecule has 168 valence electrons. The Morgan fingerprint density at radius 2 is 2.00 bits per heavy atom. The fourth-order valence-corrected chi connectivity index (χ4v) is 2.81. The highest BCUT2D eigenvalue weighted by molar-refractivity contribution is 6.32. The molecule has 9 nitrogen and oxygen atoms in total. The van der Waals surface area contributed by atoms with Crippen LogP contribution in [0.15, 0.2) is 58.6 Å². The SMILES string of the molecule is C=C(OOCC)Oc1ncccc1Oc1cc(-n2c(=O)cc(C)n(C)c2=O)c(F)cc1Cl. The second kappa shape index (κ2) is 9.67. The summed E-state index contributed by atoms with van der Waals surface area (Å²) in [7, 11) is 1.47. The van der Waals surface area contributed by atoms with Gasteiger partial charge in [-0.05, 0) is 38.6 Å². The van der Waals surface area contributed by atoms with Gasteiger partial charge in [-0.3, -0.25) is 9.68 Å². The molecule has 32 heavy (non-hydrogen) atoms. The minimum atomic E-state index is -0.883. The lowest BCUT2D eigenvalue weighted by Crippen LogP contribution is -2.38. The normalized spacial score (nSPS) is 10.7. The quantitative estimate of drug-likeness (QED) is 0.286. The summed E-state index contributed by atoms with van der Waals surface area (Å²) < 4.78 is 27.7. The number of hydrogen-bond donors (Lipinski definition) is 0. The number of aryl methyl sites for hydroxylation is 1. The lowest BCUT2D eigenvalue weighted by atomic mass is 10.2. The van der Waals surface area contributed by atoms with E-state index in [1.807, 2.05) is 0 Å². The number of aromatic nitrogens is 3. The lowest BCUT2D eigenvalue weighted by Gasteiger charge is -2.15. The smallest absolute Gasteiger partial charge is 0.335 e. The molecule has 0 spiro atoms. The Labute approximate surface area is 186 Å². The van der Waals surface area contributed by atoms with Gasteiger partial charge in [0.15, 0.2) is 5.75 Å². The fraction of sp³-hybridized carbons (Fsp3) is 0.190. The van der Waals surface area contributed by atoms with Gasteiger partial charge >= 0.3 is 11.6 Å². The van der Waals surface area contributed by atoms with Crippen molar-refractivity contribution in [1.29, 1.82) is 0 Å². The zero-order chi connectivity index (χ0) is 23.4. The van der Waals surface area contributed by atoms with Gasteiger partial charge in [0.25, 0.3) is 11.4 Å². The first-order valence-electron chi connectivity index (χ1n) is 9.31. The first-order valence-corrected chi connectivity index (χ1v) is 9.69. The topological polar surface area (TPSA) is 93.8 Å². The van der Waals surface area contributed by atoms with E-state index < -0.39 is 17.1 Å². The third-order valence-corrected chi connectivity index (χ3v) is 4.53. The number of rotatable bonds is 8. The molecular formula is C21H19ClFN3O6. The molecule has 0 amide bonds. The van der Waals surface area contributed by atoms with Crippen molar-refractivity contribution >= 4 is 11.6 Å². The van der Waals surface area contributed by atoms with Gasteiger partial charge in [-0.2, -0.15) is 4.89 Å². The molecule has 11 heteroatoms. The first kappa shape index (κ1) is 23.0. The molecule has 0 fully saturated rings. The molecule has 2 heterocycles. The van der Waals surface area contributed by atoms with Crippen molar-refractivity contribution in [3.63, 3.8) is 0 Å². The summed E-state index contributed by atoms with van der Waals surface area (Å²) in [6.45, 7) is 7.10. The van der Waals surface area contributed by atoms with E-state index in [0.29, 0.717) is 10.3 Å². The van der Waals surface area contributed by atoms with E-state index in [1.54, 1.807) is 19.9 Å². The minimum Gasteiger partial charge on any atom is -0.450 e. The van der Waals surface area contributed by atoms with Crippen LogP contribution in [-0.4, -0.2) is 20.7 Å². The zero-order valence-electron chi connectivity index (χ0n) is 17.4. The van der Waals surface area contributed by atoms with Crippen molar-refractivity contribution in [2.24, 2.45) is 7.05 Å². The average Bonchev–Trinajstić information content (AvgIpc) is 2.75. The second-order valence-corrected chi connectivity index (χ2v) is 6.81. The van der Waals surface area contributed by atoms with Gasteiger partial charge in [0.05, 0.1) is 17.3 Å². The Morgan fingerprint density at radius 1 is 1.25 bits per heavy atom. The van der Waals surface area contributed by atoms with Crippen LogP contribution < -0.4 is 20.7 Å². The van der Waals surface area contributed by atoms with Gasteiger partial charge in [0, 0.05) is 31.1 Å². The zero-order valence-corrected chi connectivity index (χ0v) is 18.2. The van der Waals surface area contributed by atoms with Crippen LogP contribution in [0.3, 0.4) is 0 Å². The molecule has 3 aromatic rings. The monoisotopic (exact) mass is 463 g/mol. The number of benzene rings is 1. The van der Waals surface area contributed by atoms with Gasteiger partial charge in [0.1, 0.15) is 11.6 Å². The van der Waals surface area contributed by atoms with E-state index in [9.17, 15) is 14.0 Å². The van der Waals surface area contributed by atoms with Crippen LogP contribution in [0.25, 0.3) is 5.69 Å². The van der Waals surface area contributed by atoms with Crippen molar-refractivity contribution in [2.45, 2.75) is 13.8 Å². The summed E-state index contributed by atoms with van der Waals surface area (Å²) >= 11 is 6.14. The highest BCUT2D eigenvalue weighted by atomic mass is 35.5. The van der Waals surface area contributed by atoms with Gasteiger partial charge in [0.2, 0.25) is 0 Å². The second-order valence-electron chi connectivity index (χ2n) is 6.41. The van der Waals surface area contributed by atoms with Gasteiger partial charge in [-0.25, -0.2) is 18.7 Å². The Balaban J connectivity index is 2.03. The summed E-state index contributed by atoms with van der Waals surface area (Å²) in [6, 6.07) is 6.36. The molecule has 0 bridgehead atoms. The highest BCUT2D eigenvalue weighted by Gasteiger charge is 2.18. The number of halogens is 2. The maximum atomic E-state index is 14.7. The van der Waals surface area contributed by atoms with Gasteiger partial charge in [-0.1, -0.05) is 11.6 Å². The summed E-state index contributed by atoms with van der Waals surface area (Å²) in [6.07, 6.45) is 1.43. The van der Waals surface area contributed by atoms with Crippen LogP contribution in [0.5, 0.6) is 17.4 Å². The largest absolute Gasteiger partial charge is 0.450 e. The van der Waals surface area contributed by atoms with Crippen LogP contribution in [0.2, 0.25) is 5.02 Å². The number of hydrogen-bond acceptors (Lipinski definition) is 7. The Bertz CT molecular complexity index is 1290. The Hall–Kier alpha value is -3.63. The predicted octanol–water partition coefficient (Wildman–Crippen LogP) is 3.64. The Kier molecular flexibility index (Phi) is 6.96. The molecule has 0 atom stereocenters. The number of nitrogens with zero attached hydrogens (tertiary/aromatic N) is 3. The third-order valence-electron chi connectivity index (χ3n) is 4.24. The van der Waals surface area contributed by atoms with Crippen LogP contribution in [-0.2, 0) is 16.8 Å². The van der Waals surface area contributed by atoms with Gasteiger partial charge in [-0.15, -0.1) is 0 Å². The molecule has 3 rings (SSSR count). The van der Waals surface area contributed by atoms with E-state index in [4.69, 9.17) is 30.8 Å². The van der Waals surface area contributed by atoms with E-state index in [2.05, 4.69) is 11.6 Å². The van der Waals surface area contributed by atoms with E-state index in [-0.39, 0.29) is 40.6 Å². The molecular weight excluding hydrogens is 445 g/mol. The van der Waals surface area contributed by atoms with Crippen molar-refractivity contribution in [3.8, 4) is 23.1 Å². The third kappa shape index (κ3) is 4.82. The standard InChI is InChI=1S/C21H19ClFN3O6/c1-5-29-32-13(3)30-20-17(7-6-8-24-20)31-18-11-16(15(23)10-14(18)22)26-19(27)9-12(2)25(4)21(26)28/h6-11H,3,5H2,1-2,4H3. The molecule has 0 aliphatic rings. The van der Waals surface area contributed by atoms with E-state index in [0.717, 1.165) is 12.1 Å². The first-order chi connectivity index (χ1) is 15.2. The van der Waals surface area contributed by atoms with Crippen molar-refractivity contribution in [2.75, 3.05) is 6.61 Å². The lowest BCUT2D eigenvalue weighted by molar-refractivity contribution is -0.279. The van der Waals surface area contributed by atoms with Crippen molar-refractivity contribution < 1.29 is 23.6 Å². The summed E-state index contributed by atoms with van der Waals surface area (Å²) in [5.74, 6) is -1.09. The molecule has 0 radical (unpaired) electrons. The molecule has 0 unspecified atom stereocenters. The molecule has 1 aromatic carbocycles. The maximum Gasteiger partial charge on any atom is 0.335 e. The molecule has 0 saturated heterocycles. The molecule has 0 aliphatic carbocycles. The highest BCUT2D eigenvalue weighted by Crippen LogP contribution is 2.36. The Morgan fingerprint density at radius 3 is 2.72 bits per heavy atom. The average molecular weight is 464 g/mol. The van der Waals surface area contributed by atoms with Crippen LogP contribution in [0.1, 0.15) is 12.6 Å². The van der Waals surface area contributed by atoms with Crippen LogP contribution in [0.4, 0.5) is 4.39 Å². The number of ether oxygens (including phenoxy) is 2. The van der Waals surface area contributed by atoms with Crippen molar-refractivity contribution in [3.05, 3.63) is 86.4 Å².